The van der Waals surface area contributed by atoms with Crippen molar-refractivity contribution < 1.29 is 19.2 Å². The van der Waals surface area contributed by atoms with Crippen LogP contribution in [-0.2, 0) is 35.5 Å². The van der Waals surface area contributed by atoms with Crippen LogP contribution in [0.25, 0.3) is 11.3 Å². The zero-order chi connectivity index (χ0) is 46.7. The number of hydrogen-bond acceptors (Lipinski definition) is 12. The van der Waals surface area contributed by atoms with Crippen molar-refractivity contribution in [2.24, 2.45) is 0 Å². The Morgan fingerprint density at radius 1 is 0.441 bits per heavy atom. The first-order valence-corrected chi connectivity index (χ1v) is 22.5. The smallest absolute Gasteiger partial charge is 0.251 e. The molecule has 4 amide bonds. The van der Waals surface area contributed by atoms with Crippen molar-refractivity contribution in [2.75, 3.05) is 62.2 Å². The molecule has 2 aliphatic heterocycles. The normalized spacial score (nSPS) is 13.8. The maximum atomic E-state index is 12.9. The fourth-order valence-corrected chi connectivity index (χ4v) is 8.07. The first kappa shape index (κ1) is 44.7. The summed E-state index contributed by atoms with van der Waals surface area (Å²) in [5, 5.41) is 30.6. The largest absolute Gasteiger partial charge is 0.352 e. The average molecular weight is 911 g/mol. The summed E-state index contributed by atoms with van der Waals surface area (Å²) in [7, 11) is 0. The molecule has 0 unspecified atom stereocenters. The van der Waals surface area contributed by atoms with Crippen LogP contribution in [0.15, 0.2) is 146 Å². The third-order valence-electron chi connectivity index (χ3n) is 11.9. The molecule has 0 radical (unpaired) electrons. The number of fused-ring (bicyclic) bond motifs is 2. The number of benzene rings is 4. The van der Waals surface area contributed by atoms with Gasteiger partial charge in [0, 0.05) is 76.6 Å². The van der Waals surface area contributed by atoms with Crippen LogP contribution in [-0.4, -0.2) is 125 Å². The molecule has 2 aliphatic rings. The summed E-state index contributed by atoms with van der Waals surface area (Å²) in [4.78, 5) is 58.8. The van der Waals surface area contributed by atoms with Gasteiger partial charge in [-0.3, -0.25) is 19.2 Å². The molecular formula is C50H50N14O4. The van der Waals surface area contributed by atoms with Crippen LogP contribution in [0.5, 0.6) is 0 Å². The summed E-state index contributed by atoms with van der Waals surface area (Å²) in [5.41, 5.74) is 6.36. The lowest BCUT2D eigenvalue weighted by Crippen LogP contribution is -2.49. The number of rotatable bonds is 12. The molecule has 68 heavy (non-hydrogen) atoms. The molecule has 18 heteroatoms. The molecule has 0 bridgehead atoms. The van der Waals surface area contributed by atoms with Gasteiger partial charge in [-0.1, -0.05) is 84.9 Å². The summed E-state index contributed by atoms with van der Waals surface area (Å²) in [5.74, 6) is 1.56. The summed E-state index contributed by atoms with van der Waals surface area (Å²) < 4.78 is 3.30. The Kier molecular flexibility index (Phi) is 13.9. The Morgan fingerprint density at radius 2 is 0.897 bits per heavy atom. The number of aromatic nitrogens is 8. The number of carbonyl (C=O) groups excluding carboxylic acids is 4. The van der Waals surface area contributed by atoms with Crippen LogP contribution in [0.1, 0.15) is 43.0 Å². The van der Waals surface area contributed by atoms with Crippen LogP contribution in [0, 0.1) is 0 Å². The summed E-state index contributed by atoms with van der Waals surface area (Å²) in [6.45, 7) is 6.31. The van der Waals surface area contributed by atoms with E-state index in [1.54, 1.807) is 46.0 Å². The topological polar surface area (TPSA) is 191 Å². The molecule has 18 nitrogen and oxygen atoms in total. The molecule has 2 N–H and O–H groups in total. The minimum atomic E-state index is -0.149. The van der Waals surface area contributed by atoms with E-state index in [2.05, 4.69) is 51.0 Å². The van der Waals surface area contributed by atoms with E-state index in [1.807, 2.05) is 119 Å². The zero-order valence-corrected chi connectivity index (χ0v) is 37.3. The second-order valence-corrected chi connectivity index (χ2v) is 16.5. The number of hydrogen-bond donors (Lipinski definition) is 2. The second kappa shape index (κ2) is 21.2. The van der Waals surface area contributed by atoms with Crippen LogP contribution in [0.2, 0.25) is 0 Å². The van der Waals surface area contributed by atoms with Crippen LogP contribution < -0.4 is 20.4 Å². The van der Waals surface area contributed by atoms with E-state index in [1.165, 1.54) is 0 Å². The van der Waals surface area contributed by atoms with Crippen molar-refractivity contribution in [2.45, 2.75) is 25.9 Å². The Labute approximate surface area is 392 Å². The first-order chi connectivity index (χ1) is 33.3. The highest BCUT2D eigenvalue weighted by Crippen LogP contribution is 2.18. The molecule has 0 saturated carbocycles. The summed E-state index contributed by atoms with van der Waals surface area (Å²) in [6, 6.07) is 41.7. The monoisotopic (exact) mass is 910 g/mol. The highest BCUT2D eigenvalue weighted by atomic mass is 16.2. The van der Waals surface area contributed by atoms with Gasteiger partial charge in [-0.2, -0.15) is 9.03 Å². The molecule has 2 fully saturated rings. The van der Waals surface area contributed by atoms with Crippen LogP contribution in [0.3, 0.4) is 0 Å². The van der Waals surface area contributed by atoms with Crippen LogP contribution in [0.4, 0.5) is 11.6 Å². The number of piperazine rings is 2. The maximum absolute atomic E-state index is 12.9. The highest BCUT2D eigenvalue weighted by Gasteiger charge is 2.24. The Morgan fingerprint density at radius 3 is 1.40 bits per heavy atom. The first-order valence-electron chi connectivity index (χ1n) is 22.5. The van der Waals surface area contributed by atoms with Crippen molar-refractivity contribution in [1.82, 2.24) is 60.1 Å². The zero-order valence-electron chi connectivity index (χ0n) is 37.3. The standard InChI is InChI=1S/2C25H25N7O2/c33-24(31-13-11-30(12-14-31)23-10-9-22-28-27-18-32(22)29-23)16-20-7-4-8-21(15-20)25(34)26-17-19-5-2-1-3-6-19;33-24(31-14-12-30(13-15-31)23-11-10-22-28-27-18-32(22)29-23)16-19-6-8-21(9-7-19)25(34)26-17-20-4-2-1-3-5-20/h1-10,15,18H,11-14,16-17H2,(H,26,34);1-11,18H,12-17H2,(H,26,34). The third kappa shape index (κ3) is 11.3. The number of nitrogens with one attached hydrogen (secondary N) is 2. The van der Waals surface area contributed by atoms with Gasteiger partial charge in [0.15, 0.2) is 11.3 Å². The third-order valence-corrected chi connectivity index (χ3v) is 11.9. The average Bonchev–Trinajstić information content (AvgIpc) is 4.08. The van der Waals surface area contributed by atoms with E-state index in [-0.39, 0.29) is 30.0 Å². The van der Waals surface area contributed by atoms with E-state index in [9.17, 15) is 19.2 Å². The molecule has 0 aliphatic carbocycles. The predicted molar refractivity (Wildman–Crippen MR) is 255 cm³/mol. The number of carbonyl (C=O) groups is 4. The van der Waals surface area contributed by atoms with Gasteiger partial charge >= 0.3 is 0 Å². The second-order valence-electron chi connectivity index (χ2n) is 16.5. The molecule has 10 rings (SSSR count). The van der Waals surface area contributed by atoms with Crippen molar-refractivity contribution in [3.63, 3.8) is 0 Å². The summed E-state index contributed by atoms with van der Waals surface area (Å²) in [6.07, 6.45) is 3.74. The molecule has 8 aromatic rings. The lowest BCUT2D eigenvalue weighted by molar-refractivity contribution is -0.131. The Hall–Kier alpha value is -8.54. The van der Waals surface area contributed by atoms with Gasteiger partial charge in [-0.15, -0.1) is 30.6 Å². The van der Waals surface area contributed by atoms with Crippen molar-refractivity contribution in [1.29, 1.82) is 0 Å². The molecular weight excluding hydrogens is 861 g/mol. The van der Waals surface area contributed by atoms with E-state index >= 15 is 0 Å². The van der Waals surface area contributed by atoms with E-state index in [0.717, 1.165) is 33.9 Å². The number of amides is 4. The Bertz CT molecular complexity index is 2980. The molecule has 4 aromatic carbocycles. The number of nitrogens with zero attached hydrogens (tertiary/aromatic N) is 12. The lowest BCUT2D eigenvalue weighted by atomic mass is 10.1. The van der Waals surface area contributed by atoms with Gasteiger partial charge in [0.25, 0.3) is 11.8 Å². The fraction of sp³-hybridized carbons (Fsp3) is 0.240. The van der Waals surface area contributed by atoms with Gasteiger partial charge in [-0.25, -0.2) is 0 Å². The lowest BCUT2D eigenvalue weighted by Gasteiger charge is -2.35. The van der Waals surface area contributed by atoms with Gasteiger partial charge in [0.2, 0.25) is 11.8 Å². The highest BCUT2D eigenvalue weighted by molar-refractivity contribution is 5.95. The Balaban J connectivity index is 0.000000170. The van der Waals surface area contributed by atoms with Crippen molar-refractivity contribution in [3.8, 4) is 0 Å². The van der Waals surface area contributed by atoms with Gasteiger partial charge < -0.3 is 30.2 Å². The van der Waals surface area contributed by atoms with Gasteiger partial charge in [0.05, 0.1) is 12.8 Å². The van der Waals surface area contributed by atoms with E-state index < -0.39 is 0 Å². The molecule has 2 saturated heterocycles. The van der Waals surface area contributed by atoms with Crippen LogP contribution >= 0.6 is 0 Å². The minimum Gasteiger partial charge on any atom is -0.352 e. The molecule has 4 aromatic heterocycles. The van der Waals surface area contributed by atoms with E-state index in [0.29, 0.717) is 94.3 Å². The molecule has 6 heterocycles. The minimum absolute atomic E-state index is 0.0590. The fourth-order valence-electron chi connectivity index (χ4n) is 8.07. The van der Waals surface area contributed by atoms with Crippen molar-refractivity contribution >= 4 is 46.6 Å². The van der Waals surface area contributed by atoms with Gasteiger partial charge in [0.1, 0.15) is 24.3 Å². The van der Waals surface area contributed by atoms with E-state index in [4.69, 9.17) is 0 Å². The summed E-state index contributed by atoms with van der Waals surface area (Å²) >= 11 is 0. The molecule has 0 spiro atoms. The number of anilines is 2. The molecule has 344 valence electrons. The quantitative estimate of drug-likeness (QED) is 0.180. The maximum Gasteiger partial charge on any atom is 0.251 e. The predicted octanol–water partition coefficient (Wildman–Crippen LogP) is 3.89. The van der Waals surface area contributed by atoms with Crippen molar-refractivity contribution in [3.05, 3.63) is 179 Å². The van der Waals surface area contributed by atoms with Gasteiger partial charge in [-0.05, 0) is 70.8 Å². The molecule has 0 atom stereocenters. The SMILES string of the molecule is O=C(NCc1ccccc1)c1ccc(CC(=O)N2CCN(c3ccc4nncn4n3)CC2)cc1.O=C(NCc1ccccc1)c1cccc(CC(=O)N2CCN(c3ccc4nncn4n3)CC2)c1.